The zero-order valence-electron chi connectivity index (χ0n) is 18.7. The summed E-state index contributed by atoms with van der Waals surface area (Å²) in [7, 11) is 0. The van der Waals surface area contributed by atoms with E-state index in [1.54, 1.807) is 4.90 Å². The lowest BCUT2D eigenvalue weighted by Crippen LogP contribution is -2.48. The van der Waals surface area contributed by atoms with Gasteiger partial charge in [0, 0.05) is 23.4 Å². The van der Waals surface area contributed by atoms with Crippen LogP contribution >= 0.6 is 0 Å². The number of anilines is 2. The molecule has 2 amide bonds. The number of fused-ring (bicyclic) bond motifs is 5. The molecule has 3 aromatic rings. The van der Waals surface area contributed by atoms with Gasteiger partial charge >= 0.3 is 0 Å². The van der Waals surface area contributed by atoms with E-state index in [1.807, 2.05) is 36.4 Å². The van der Waals surface area contributed by atoms with Crippen LogP contribution in [0.4, 0.5) is 21.5 Å². The maximum atomic E-state index is 13.9. The van der Waals surface area contributed by atoms with Crippen LogP contribution in [0.15, 0.2) is 78.9 Å². The van der Waals surface area contributed by atoms with E-state index >= 15 is 0 Å². The Hall–Kier alpha value is -4.66. The molecule has 3 aliphatic rings. The first-order chi connectivity index (χ1) is 17.4. The number of ketones is 1. The van der Waals surface area contributed by atoms with E-state index in [2.05, 4.69) is 0 Å². The van der Waals surface area contributed by atoms with Crippen LogP contribution in [0, 0.1) is 27.8 Å². The van der Waals surface area contributed by atoms with Crippen LogP contribution in [0.5, 0.6) is 0 Å². The Kier molecular flexibility index (Phi) is 4.82. The van der Waals surface area contributed by atoms with E-state index in [0.29, 0.717) is 5.69 Å². The van der Waals surface area contributed by atoms with E-state index in [1.165, 1.54) is 48.5 Å². The summed E-state index contributed by atoms with van der Waals surface area (Å²) in [5, 5.41) is 11.3. The summed E-state index contributed by atoms with van der Waals surface area (Å²) < 4.78 is 13.5. The lowest BCUT2D eigenvalue weighted by atomic mass is 9.86. The zero-order valence-corrected chi connectivity index (χ0v) is 18.7. The molecule has 3 heterocycles. The minimum atomic E-state index is -1.06. The van der Waals surface area contributed by atoms with Crippen LogP contribution < -0.4 is 9.80 Å². The van der Waals surface area contributed by atoms with Crippen molar-refractivity contribution in [2.24, 2.45) is 11.8 Å². The first kappa shape index (κ1) is 21.8. The molecule has 0 bridgehead atoms. The SMILES string of the molecule is O=C(c1cccc([N+](=O)[O-])c1)C1C2C(=O)N(c3ccc(F)cc3)C(=O)C2C2C=Cc3ccccc3N21. The summed E-state index contributed by atoms with van der Waals surface area (Å²) in [6.45, 7) is 0. The first-order valence-electron chi connectivity index (χ1n) is 11.3. The van der Waals surface area contributed by atoms with Crippen molar-refractivity contribution in [3.63, 3.8) is 0 Å². The minimum absolute atomic E-state index is 0.0844. The monoisotopic (exact) mass is 483 g/mol. The first-order valence-corrected chi connectivity index (χ1v) is 11.3. The highest BCUT2D eigenvalue weighted by molar-refractivity contribution is 6.25. The Bertz CT molecular complexity index is 1480. The van der Waals surface area contributed by atoms with Crippen molar-refractivity contribution in [1.29, 1.82) is 0 Å². The van der Waals surface area contributed by atoms with E-state index in [9.17, 15) is 28.9 Å². The third kappa shape index (κ3) is 3.09. The predicted octanol–water partition coefficient (Wildman–Crippen LogP) is 4.01. The largest absolute Gasteiger partial charge is 0.352 e. The number of nitrogens with zero attached hydrogens (tertiary/aromatic N) is 3. The van der Waals surface area contributed by atoms with Crippen molar-refractivity contribution in [2.75, 3.05) is 9.80 Å². The molecule has 0 aliphatic carbocycles. The molecule has 0 saturated carbocycles. The molecule has 6 rings (SSSR count). The quantitative estimate of drug-likeness (QED) is 0.241. The molecule has 0 radical (unpaired) electrons. The second kappa shape index (κ2) is 7.94. The molecule has 4 atom stereocenters. The molecule has 0 spiro atoms. The van der Waals surface area contributed by atoms with Gasteiger partial charge in [-0.15, -0.1) is 0 Å². The molecular formula is C27H18FN3O5. The lowest BCUT2D eigenvalue weighted by molar-refractivity contribution is -0.384. The highest BCUT2D eigenvalue weighted by atomic mass is 19.1. The number of nitro groups is 1. The zero-order chi connectivity index (χ0) is 25.1. The number of halogens is 1. The number of non-ortho nitro benzene ring substituents is 1. The average Bonchev–Trinajstić information content (AvgIpc) is 3.37. The van der Waals surface area contributed by atoms with Crippen LogP contribution in [0.3, 0.4) is 0 Å². The van der Waals surface area contributed by atoms with Crippen LogP contribution in [0.2, 0.25) is 0 Å². The molecule has 8 nitrogen and oxygen atoms in total. The Morgan fingerprint density at radius 1 is 0.917 bits per heavy atom. The number of carbonyl (C=O) groups excluding carboxylic acids is 3. The van der Waals surface area contributed by atoms with Gasteiger partial charge in [0.15, 0.2) is 5.78 Å². The molecule has 0 aromatic heterocycles. The van der Waals surface area contributed by atoms with Gasteiger partial charge in [-0.25, -0.2) is 9.29 Å². The van der Waals surface area contributed by atoms with Crippen LogP contribution in [0.1, 0.15) is 15.9 Å². The maximum absolute atomic E-state index is 13.9. The molecule has 4 unspecified atom stereocenters. The minimum Gasteiger partial charge on any atom is -0.352 e. The average molecular weight is 483 g/mol. The van der Waals surface area contributed by atoms with Gasteiger partial charge in [-0.05, 0) is 35.9 Å². The molecule has 2 fully saturated rings. The van der Waals surface area contributed by atoms with E-state index in [4.69, 9.17) is 0 Å². The van der Waals surface area contributed by atoms with Gasteiger partial charge in [0.2, 0.25) is 11.8 Å². The van der Waals surface area contributed by atoms with Gasteiger partial charge < -0.3 is 4.90 Å². The predicted molar refractivity (Wildman–Crippen MR) is 129 cm³/mol. The number of hydrogen-bond donors (Lipinski definition) is 0. The number of Topliss-reactive ketones (excluding diaryl/α,β-unsaturated/α-hetero) is 1. The van der Waals surface area contributed by atoms with Crippen molar-refractivity contribution in [2.45, 2.75) is 12.1 Å². The molecule has 3 aliphatic heterocycles. The van der Waals surface area contributed by atoms with Gasteiger partial charge in [0.05, 0.1) is 28.5 Å². The smallest absolute Gasteiger partial charge is 0.270 e. The summed E-state index contributed by atoms with van der Waals surface area (Å²) in [5.74, 6) is -3.88. The third-order valence-electron chi connectivity index (χ3n) is 7.11. The highest BCUT2D eigenvalue weighted by Gasteiger charge is 2.64. The van der Waals surface area contributed by atoms with Crippen LogP contribution in [-0.2, 0) is 9.59 Å². The van der Waals surface area contributed by atoms with Crippen molar-refractivity contribution >= 4 is 40.7 Å². The number of benzene rings is 3. The van der Waals surface area contributed by atoms with Crippen molar-refractivity contribution in [1.82, 2.24) is 0 Å². The van der Waals surface area contributed by atoms with Gasteiger partial charge in [-0.2, -0.15) is 0 Å². The normalized spacial score (nSPS) is 23.9. The second-order valence-corrected chi connectivity index (χ2v) is 8.97. The maximum Gasteiger partial charge on any atom is 0.270 e. The van der Waals surface area contributed by atoms with Gasteiger partial charge in [0.25, 0.3) is 5.69 Å². The van der Waals surface area contributed by atoms with Crippen molar-refractivity contribution in [3.05, 3.63) is 106 Å². The van der Waals surface area contributed by atoms with Crippen LogP contribution in [-0.4, -0.2) is 34.6 Å². The Labute approximate surface area is 204 Å². The molecule has 0 N–H and O–H groups in total. The standard InChI is InChI=1S/C27H18FN3O5/c28-17-9-11-18(12-10-17)29-26(33)22-21-13-8-15-4-1-2-7-20(15)30(21)24(23(22)27(29)34)25(32)16-5-3-6-19(14-16)31(35)36/h1-14,21-24H. The van der Waals surface area contributed by atoms with Gasteiger partial charge in [-0.1, -0.05) is 42.5 Å². The summed E-state index contributed by atoms with van der Waals surface area (Å²) in [6, 6.07) is 16.1. The number of para-hydroxylation sites is 1. The van der Waals surface area contributed by atoms with Crippen LogP contribution in [0.25, 0.3) is 6.08 Å². The summed E-state index contributed by atoms with van der Waals surface area (Å²) in [6.07, 6.45) is 3.69. The second-order valence-electron chi connectivity index (χ2n) is 8.97. The highest BCUT2D eigenvalue weighted by Crippen LogP contribution is 2.49. The Morgan fingerprint density at radius 2 is 1.64 bits per heavy atom. The topological polar surface area (TPSA) is 101 Å². The number of hydrogen-bond acceptors (Lipinski definition) is 6. The number of nitro benzene ring substituents is 1. The van der Waals surface area contributed by atoms with E-state index < -0.39 is 52.3 Å². The molecule has 36 heavy (non-hydrogen) atoms. The number of rotatable bonds is 4. The lowest BCUT2D eigenvalue weighted by Gasteiger charge is -2.36. The van der Waals surface area contributed by atoms with Crippen molar-refractivity contribution in [3.8, 4) is 0 Å². The van der Waals surface area contributed by atoms with Gasteiger partial charge in [0.1, 0.15) is 11.9 Å². The molecule has 178 valence electrons. The molecule has 3 aromatic carbocycles. The summed E-state index contributed by atoms with van der Waals surface area (Å²) in [5.41, 5.74) is 1.61. The number of amides is 2. The summed E-state index contributed by atoms with van der Waals surface area (Å²) >= 11 is 0. The molecular weight excluding hydrogens is 465 g/mol. The van der Waals surface area contributed by atoms with Gasteiger partial charge in [-0.3, -0.25) is 24.5 Å². The number of imide groups is 1. The fourth-order valence-corrected chi connectivity index (χ4v) is 5.60. The van der Waals surface area contributed by atoms with E-state index in [0.717, 1.165) is 10.5 Å². The Morgan fingerprint density at radius 3 is 2.39 bits per heavy atom. The third-order valence-corrected chi connectivity index (χ3v) is 7.11. The molecule has 2 saturated heterocycles. The molecule has 9 heteroatoms. The Balaban J connectivity index is 1.49. The fraction of sp³-hybridized carbons (Fsp3) is 0.148. The van der Waals surface area contributed by atoms with Crippen molar-refractivity contribution < 1.29 is 23.7 Å². The van der Waals surface area contributed by atoms with E-state index in [-0.39, 0.29) is 16.9 Å². The number of carbonyl (C=O) groups is 3. The fourth-order valence-electron chi connectivity index (χ4n) is 5.60. The summed E-state index contributed by atoms with van der Waals surface area (Å²) in [4.78, 5) is 54.9.